The van der Waals surface area contributed by atoms with Crippen molar-refractivity contribution in [1.29, 1.82) is 0 Å². The molecule has 0 spiro atoms. The first-order valence-electron chi connectivity index (χ1n) is 6.29. The fourth-order valence-corrected chi connectivity index (χ4v) is 3.06. The van der Waals surface area contributed by atoms with E-state index in [-0.39, 0.29) is 0 Å². The predicted octanol–water partition coefficient (Wildman–Crippen LogP) is 4.64. The van der Waals surface area contributed by atoms with E-state index in [1.165, 1.54) is 44.9 Å². The Morgan fingerprint density at radius 1 is 1.23 bits per heavy atom. The first-order valence-corrected chi connectivity index (χ1v) is 6.29. The summed E-state index contributed by atoms with van der Waals surface area (Å²) >= 11 is 0. The molecule has 1 aliphatic rings. The predicted molar refractivity (Wildman–Crippen MR) is 59.8 cm³/mol. The van der Waals surface area contributed by atoms with E-state index in [2.05, 4.69) is 20.8 Å². The average molecular weight is 182 g/mol. The van der Waals surface area contributed by atoms with Gasteiger partial charge in [-0.2, -0.15) is 0 Å². The zero-order valence-corrected chi connectivity index (χ0v) is 9.68. The number of hydrogen-bond acceptors (Lipinski definition) is 0. The van der Waals surface area contributed by atoms with Crippen LogP contribution in [-0.2, 0) is 0 Å². The highest BCUT2D eigenvalue weighted by atomic mass is 14.3. The zero-order chi connectivity index (χ0) is 9.68. The van der Waals surface area contributed by atoms with Crippen molar-refractivity contribution in [2.75, 3.05) is 0 Å². The van der Waals surface area contributed by atoms with Crippen molar-refractivity contribution in [3.8, 4) is 0 Å². The molecule has 0 radical (unpaired) electrons. The van der Waals surface area contributed by atoms with Crippen LogP contribution in [0.1, 0.15) is 65.7 Å². The maximum Gasteiger partial charge on any atom is -0.0360 e. The van der Waals surface area contributed by atoms with Crippen molar-refractivity contribution in [1.82, 2.24) is 0 Å². The quantitative estimate of drug-likeness (QED) is 0.581. The molecular formula is C13H26. The SMILES string of the molecule is CCCCC(C)C1CCCC1CC. The molecule has 3 unspecified atom stereocenters. The summed E-state index contributed by atoms with van der Waals surface area (Å²) in [6.45, 7) is 7.16. The molecule has 0 saturated heterocycles. The molecule has 0 aliphatic heterocycles. The second-order valence-electron chi connectivity index (χ2n) is 4.88. The molecule has 1 fully saturated rings. The largest absolute Gasteiger partial charge is 0.0654 e. The maximum absolute atomic E-state index is 2.48. The number of hydrogen-bond donors (Lipinski definition) is 0. The second kappa shape index (κ2) is 5.67. The summed E-state index contributed by atoms with van der Waals surface area (Å²) in [5.74, 6) is 3.12. The van der Waals surface area contributed by atoms with Gasteiger partial charge < -0.3 is 0 Å². The molecule has 0 nitrogen and oxygen atoms in total. The minimum atomic E-state index is 0.993. The van der Waals surface area contributed by atoms with Crippen molar-refractivity contribution < 1.29 is 0 Å². The van der Waals surface area contributed by atoms with E-state index >= 15 is 0 Å². The molecule has 0 heteroatoms. The summed E-state index contributed by atoms with van der Waals surface area (Å²) in [6, 6.07) is 0. The molecule has 1 saturated carbocycles. The van der Waals surface area contributed by atoms with Crippen molar-refractivity contribution >= 4 is 0 Å². The number of unbranched alkanes of at least 4 members (excludes halogenated alkanes) is 1. The van der Waals surface area contributed by atoms with E-state index in [1.54, 1.807) is 0 Å². The highest BCUT2D eigenvalue weighted by molar-refractivity contribution is 4.80. The normalized spacial score (nSPS) is 30.7. The van der Waals surface area contributed by atoms with Crippen LogP contribution in [0.4, 0.5) is 0 Å². The fourth-order valence-electron chi connectivity index (χ4n) is 3.06. The Balaban J connectivity index is 2.31. The maximum atomic E-state index is 2.48. The molecule has 0 aromatic heterocycles. The van der Waals surface area contributed by atoms with Crippen LogP contribution < -0.4 is 0 Å². The molecule has 0 aromatic carbocycles. The molecule has 0 heterocycles. The van der Waals surface area contributed by atoms with Gasteiger partial charge in [-0.15, -0.1) is 0 Å². The summed E-state index contributed by atoms with van der Waals surface area (Å²) in [4.78, 5) is 0. The minimum Gasteiger partial charge on any atom is -0.0654 e. The highest BCUT2D eigenvalue weighted by Crippen LogP contribution is 2.40. The van der Waals surface area contributed by atoms with Gasteiger partial charge in [0.15, 0.2) is 0 Å². The third kappa shape index (κ3) is 3.00. The molecular weight excluding hydrogens is 156 g/mol. The zero-order valence-electron chi connectivity index (χ0n) is 9.68. The highest BCUT2D eigenvalue weighted by Gasteiger charge is 2.29. The Kier molecular flexibility index (Phi) is 4.83. The molecule has 0 N–H and O–H groups in total. The smallest absolute Gasteiger partial charge is 0.0360 e. The van der Waals surface area contributed by atoms with E-state index in [9.17, 15) is 0 Å². The van der Waals surface area contributed by atoms with Crippen LogP contribution in [0.3, 0.4) is 0 Å². The Labute approximate surface area is 84.1 Å². The van der Waals surface area contributed by atoms with Crippen LogP contribution in [0.25, 0.3) is 0 Å². The van der Waals surface area contributed by atoms with Gasteiger partial charge in [-0.25, -0.2) is 0 Å². The van der Waals surface area contributed by atoms with E-state index in [0.29, 0.717) is 0 Å². The Morgan fingerprint density at radius 2 is 2.00 bits per heavy atom. The van der Waals surface area contributed by atoms with Crippen molar-refractivity contribution in [2.45, 2.75) is 65.7 Å². The van der Waals surface area contributed by atoms with Gasteiger partial charge in [0.25, 0.3) is 0 Å². The molecule has 0 bridgehead atoms. The Bertz CT molecular complexity index is 128. The molecule has 0 amide bonds. The summed E-state index contributed by atoms with van der Waals surface area (Å²) in [5.41, 5.74) is 0. The van der Waals surface area contributed by atoms with Gasteiger partial charge in [-0.05, 0) is 24.2 Å². The van der Waals surface area contributed by atoms with Crippen molar-refractivity contribution in [3.05, 3.63) is 0 Å². The summed E-state index contributed by atoms with van der Waals surface area (Å²) in [7, 11) is 0. The molecule has 0 aromatic rings. The van der Waals surface area contributed by atoms with Gasteiger partial charge in [-0.3, -0.25) is 0 Å². The van der Waals surface area contributed by atoms with Crippen molar-refractivity contribution in [2.24, 2.45) is 17.8 Å². The summed E-state index contributed by atoms with van der Waals surface area (Å²) in [5, 5.41) is 0. The third-order valence-electron chi connectivity index (χ3n) is 3.99. The summed E-state index contributed by atoms with van der Waals surface area (Å²) in [6.07, 6.45) is 10.2. The van der Waals surface area contributed by atoms with Gasteiger partial charge in [0.1, 0.15) is 0 Å². The van der Waals surface area contributed by atoms with Gasteiger partial charge in [0.05, 0.1) is 0 Å². The van der Waals surface area contributed by atoms with E-state index in [1.807, 2.05) is 0 Å². The third-order valence-corrected chi connectivity index (χ3v) is 3.99. The second-order valence-corrected chi connectivity index (χ2v) is 4.88. The lowest BCUT2D eigenvalue weighted by atomic mass is 9.81. The number of rotatable bonds is 5. The lowest BCUT2D eigenvalue weighted by Crippen LogP contribution is -2.15. The summed E-state index contributed by atoms with van der Waals surface area (Å²) < 4.78 is 0. The van der Waals surface area contributed by atoms with Crippen LogP contribution in [0.15, 0.2) is 0 Å². The first-order chi connectivity index (χ1) is 6.29. The Hall–Kier alpha value is 0. The van der Waals surface area contributed by atoms with Crippen LogP contribution in [0, 0.1) is 17.8 Å². The fraction of sp³-hybridized carbons (Fsp3) is 1.00. The average Bonchev–Trinajstić information content (AvgIpc) is 2.61. The minimum absolute atomic E-state index is 0.993. The molecule has 78 valence electrons. The van der Waals surface area contributed by atoms with Gasteiger partial charge >= 0.3 is 0 Å². The van der Waals surface area contributed by atoms with Crippen LogP contribution in [-0.4, -0.2) is 0 Å². The topological polar surface area (TPSA) is 0 Å². The van der Waals surface area contributed by atoms with E-state index < -0.39 is 0 Å². The van der Waals surface area contributed by atoms with Gasteiger partial charge in [-0.1, -0.05) is 59.3 Å². The lowest BCUT2D eigenvalue weighted by molar-refractivity contribution is 0.255. The van der Waals surface area contributed by atoms with Gasteiger partial charge in [0, 0.05) is 0 Å². The molecule has 1 rings (SSSR count). The van der Waals surface area contributed by atoms with E-state index in [0.717, 1.165) is 17.8 Å². The monoisotopic (exact) mass is 182 g/mol. The first kappa shape index (κ1) is 11.1. The van der Waals surface area contributed by atoms with Crippen molar-refractivity contribution in [3.63, 3.8) is 0 Å². The van der Waals surface area contributed by atoms with Crippen LogP contribution in [0.2, 0.25) is 0 Å². The molecule has 13 heavy (non-hydrogen) atoms. The molecule has 1 aliphatic carbocycles. The van der Waals surface area contributed by atoms with Crippen LogP contribution >= 0.6 is 0 Å². The lowest BCUT2D eigenvalue weighted by Gasteiger charge is -2.24. The standard InChI is InChI=1S/C13H26/c1-4-6-8-11(3)13-10-7-9-12(13)5-2/h11-13H,4-10H2,1-3H3. The van der Waals surface area contributed by atoms with Gasteiger partial charge in [0.2, 0.25) is 0 Å². The van der Waals surface area contributed by atoms with Crippen LogP contribution in [0.5, 0.6) is 0 Å². The Morgan fingerprint density at radius 3 is 2.62 bits per heavy atom. The molecule has 3 atom stereocenters. The van der Waals surface area contributed by atoms with E-state index in [4.69, 9.17) is 0 Å².